The van der Waals surface area contributed by atoms with Crippen LogP contribution in [0.3, 0.4) is 0 Å². The zero-order valence-corrected chi connectivity index (χ0v) is 13.7. The summed E-state index contributed by atoms with van der Waals surface area (Å²) in [5.41, 5.74) is 1.85. The zero-order valence-electron chi connectivity index (χ0n) is 12.9. The standard InChI is InChI=1S/C18H20O4S/c19-23(20,13-5-8-15-6-2-1-3-7-15)14-16-9-4-10-17-18(16)22-12-11-21-17/h1-4,6-7,9-10H,5,8,11-14H2. The molecule has 5 heteroatoms. The normalized spacial score (nSPS) is 13.7. The van der Waals surface area contributed by atoms with Crippen molar-refractivity contribution in [1.82, 2.24) is 0 Å². The van der Waals surface area contributed by atoms with E-state index in [1.165, 1.54) is 0 Å². The summed E-state index contributed by atoms with van der Waals surface area (Å²) in [7, 11) is -3.17. The van der Waals surface area contributed by atoms with Crippen molar-refractivity contribution >= 4 is 9.84 Å². The van der Waals surface area contributed by atoms with Gasteiger partial charge in [-0.1, -0.05) is 42.5 Å². The molecule has 0 unspecified atom stereocenters. The molecule has 0 N–H and O–H groups in total. The van der Waals surface area contributed by atoms with Crippen LogP contribution in [0.1, 0.15) is 17.5 Å². The number of hydrogen-bond acceptors (Lipinski definition) is 4. The first kappa shape index (κ1) is 15.9. The Balaban J connectivity index is 1.63. The van der Waals surface area contributed by atoms with Gasteiger partial charge < -0.3 is 9.47 Å². The lowest BCUT2D eigenvalue weighted by Gasteiger charge is -2.20. The first-order valence-electron chi connectivity index (χ1n) is 7.76. The average Bonchev–Trinajstić information content (AvgIpc) is 2.56. The van der Waals surface area contributed by atoms with E-state index < -0.39 is 9.84 Å². The Morgan fingerprint density at radius 2 is 1.70 bits per heavy atom. The number of hydrogen-bond donors (Lipinski definition) is 0. The highest BCUT2D eigenvalue weighted by Gasteiger charge is 2.20. The molecule has 1 heterocycles. The van der Waals surface area contributed by atoms with Crippen molar-refractivity contribution in [3.63, 3.8) is 0 Å². The van der Waals surface area contributed by atoms with Crippen molar-refractivity contribution in [2.24, 2.45) is 0 Å². The highest BCUT2D eigenvalue weighted by Crippen LogP contribution is 2.34. The summed E-state index contributed by atoms with van der Waals surface area (Å²) in [4.78, 5) is 0. The molecule has 1 aliphatic heterocycles. The second-order valence-corrected chi connectivity index (χ2v) is 7.81. The Kier molecular flexibility index (Phi) is 4.86. The van der Waals surface area contributed by atoms with Gasteiger partial charge in [0.1, 0.15) is 13.2 Å². The lowest BCUT2D eigenvalue weighted by atomic mass is 10.1. The van der Waals surface area contributed by atoms with Gasteiger partial charge in [-0.25, -0.2) is 8.42 Å². The van der Waals surface area contributed by atoms with Crippen LogP contribution in [-0.4, -0.2) is 27.4 Å². The molecule has 23 heavy (non-hydrogen) atoms. The van der Waals surface area contributed by atoms with Gasteiger partial charge in [0.05, 0.1) is 11.5 Å². The molecule has 2 aromatic carbocycles. The van der Waals surface area contributed by atoms with Gasteiger partial charge >= 0.3 is 0 Å². The van der Waals surface area contributed by atoms with E-state index in [-0.39, 0.29) is 11.5 Å². The van der Waals surface area contributed by atoms with Gasteiger partial charge in [-0.05, 0) is 24.5 Å². The summed E-state index contributed by atoms with van der Waals surface area (Å²) in [6.07, 6.45) is 1.39. The summed E-state index contributed by atoms with van der Waals surface area (Å²) in [5, 5.41) is 0. The Bertz CT molecular complexity index is 754. The van der Waals surface area contributed by atoms with Crippen molar-refractivity contribution in [2.45, 2.75) is 18.6 Å². The molecule has 0 saturated heterocycles. The highest BCUT2D eigenvalue weighted by atomic mass is 32.2. The summed E-state index contributed by atoms with van der Waals surface area (Å²) < 4.78 is 35.8. The van der Waals surface area contributed by atoms with E-state index in [2.05, 4.69) is 0 Å². The number of fused-ring (bicyclic) bond motifs is 1. The molecule has 0 atom stereocenters. The monoisotopic (exact) mass is 332 g/mol. The van der Waals surface area contributed by atoms with Gasteiger partial charge in [0.2, 0.25) is 0 Å². The smallest absolute Gasteiger partial charge is 0.165 e. The van der Waals surface area contributed by atoms with Crippen molar-refractivity contribution in [1.29, 1.82) is 0 Å². The minimum atomic E-state index is -3.17. The molecule has 2 aromatic rings. The Hall–Kier alpha value is -2.01. The maximum atomic E-state index is 12.4. The predicted molar refractivity (Wildman–Crippen MR) is 89.7 cm³/mol. The molecule has 0 spiro atoms. The summed E-state index contributed by atoms with van der Waals surface area (Å²) in [6.45, 7) is 0.957. The molecule has 0 fully saturated rings. The molecule has 4 nitrogen and oxygen atoms in total. The molecule has 0 radical (unpaired) electrons. The van der Waals surface area contributed by atoms with Gasteiger partial charge in [0, 0.05) is 5.56 Å². The topological polar surface area (TPSA) is 52.6 Å². The van der Waals surface area contributed by atoms with Crippen molar-refractivity contribution in [3.05, 3.63) is 59.7 Å². The van der Waals surface area contributed by atoms with Crippen LogP contribution in [0.4, 0.5) is 0 Å². The van der Waals surface area contributed by atoms with Crippen LogP contribution < -0.4 is 9.47 Å². The molecule has 0 aromatic heterocycles. The van der Waals surface area contributed by atoms with Gasteiger partial charge in [0.15, 0.2) is 21.3 Å². The van der Waals surface area contributed by atoms with Crippen LogP contribution in [-0.2, 0) is 22.0 Å². The average molecular weight is 332 g/mol. The number of ether oxygens (including phenoxy) is 2. The summed E-state index contributed by atoms with van der Waals surface area (Å²) in [5.74, 6) is 1.37. The predicted octanol–water partition coefficient (Wildman–Crippen LogP) is 3.01. The third-order valence-corrected chi connectivity index (χ3v) is 5.45. The SMILES string of the molecule is O=S(=O)(CCCc1ccccc1)Cc1cccc2c1OCCO2. The molecule has 1 aliphatic rings. The van der Waals surface area contributed by atoms with Gasteiger partial charge in [-0.15, -0.1) is 0 Å². The van der Waals surface area contributed by atoms with Crippen LogP contribution in [0.15, 0.2) is 48.5 Å². The van der Waals surface area contributed by atoms with Crippen LogP contribution in [0.5, 0.6) is 11.5 Å². The lowest BCUT2D eigenvalue weighted by molar-refractivity contribution is 0.170. The first-order chi connectivity index (χ1) is 11.1. The van der Waals surface area contributed by atoms with Gasteiger partial charge in [-0.2, -0.15) is 0 Å². The van der Waals surface area contributed by atoms with Crippen molar-refractivity contribution < 1.29 is 17.9 Å². The number of sulfone groups is 1. The van der Waals surface area contributed by atoms with E-state index in [1.807, 2.05) is 36.4 Å². The number of aryl methyl sites for hydroxylation is 1. The Morgan fingerprint density at radius 3 is 2.52 bits per heavy atom. The van der Waals surface area contributed by atoms with Gasteiger partial charge in [-0.3, -0.25) is 0 Å². The fourth-order valence-electron chi connectivity index (χ4n) is 2.70. The maximum Gasteiger partial charge on any atom is 0.165 e. The molecule has 0 saturated carbocycles. The van der Waals surface area contributed by atoms with Crippen LogP contribution >= 0.6 is 0 Å². The second kappa shape index (κ2) is 7.04. The molecule has 0 bridgehead atoms. The summed E-state index contributed by atoms with van der Waals surface area (Å²) >= 11 is 0. The maximum absolute atomic E-state index is 12.4. The lowest BCUT2D eigenvalue weighted by Crippen LogP contribution is -2.18. The second-order valence-electron chi connectivity index (χ2n) is 5.62. The van der Waals surface area contributed by atoms with Crippen molar-refractivity contribution in [3.8, 4) is 11.5 Å². The fourth-order valence-corrected chi connectivity index (χ4v) is 4.13. The Labute approximate surface area is 137 Å². The van der Waals surface area contributed by atoms with Crippen LogP contribution in [0.25, 0.3) is 0 Å². The Morgan fingerprint density at radius 1 is 0.913 bits per heavy atom. The van der Waals surface area contributed by atoms with Crippen LogP contribution in [0, 0.1) is 0 Å². The molecule has 0 aliphatic carbocycles. The molecule has 122 valence electrons. The first-order valence-corrected chi connectivity index (χ1v) is 9.58. The third kappa shape index (κ3) is 4.26. The van der Waals surface area contributed by atoms with E-state index in [0.717, 1.165) is 12.0 Å². The highest BCUT2D eigenvalue weighted by molar-refractivity contribution is 7.90. The summed E-state index contributed by atoms with van der Waals surface area (Å²) in [6, 6.07) is 15.3. The largest absolute Gasteiger partial charge is 0.486 e. The van der Waals surface area contributed by atoms with E-state index in [9.17, 15) is 8.42 Å². The number of rotatable bonds is 6. The fraction of sp³-hybridized carbons (Fsp3) is 0.333. The minimum absolute atomic E-state index is 0.00563. The molecular formula is C18H20O4S. The molecule has 0 amide bonds. The minimum Gasteiger partial charge on any atom is -0.486 e. The third-order valence-electron chi connectivity index (χ3n) is 3.79. The molecular weight excluding hydrogens is 312 g/mol. The zero-order chi connectivity index (χ0) is 16.1. The molecule has 3 rings (SSSR count). The van der Waals surface area contributed by atoms with E-state index >= 15 is 0 Å². The number of para-hydroxylation sites is 1. The number of benzene rings is 2. The van der Waals surface area contributed by atoms with E-state index in [0.29, 0.717) is 36.7 Å². The quantitative estimate of drug-likeness (QED) is 0.816. The van der Waals surface area contributed by atoms with E-state index in [1.54, 1.807) is 12.1 Å². The van der Waals surface area contributed by atoms with Crippen molar-refractivity contribution in [2.75, 3.05) is 19.0 Å². The van der Waals surface area contributed by atoms with E-state index in [4.69, 9.17) is 9.47 Å². The van der Waals surface area contributed by atoms with Gasteiger partial charge in [0.25, 0.3) is 0 Å². The van der Waals surface area contributed by atoms with Crippen LogP contribution in [0.2, 0.25) is 0 Å².